The monoisotopic (exact) mass is 812 g/mol. The van der Waals surface area contributed by atoms with Gasteiger partial charge in [-0.1, -0.05) is 0 Å². The summed E-state index contributed by atoms with van der Waals surface area (Å²) in [5.74, 6) is -0.242. The molecule has 184 valence electrons. The van der Waals surface area contributed by atoms with Crippen LogP contribution in [0.5, 0.6) is 0 Å². The van der Waals surface area contributed by atoms with Crippen LogP contribution in [0.4, 0.5) is 32.3 Å². The predicted molar refractivity (Wildman–Crippen MR) is 140 cm³/mol. The molecule has 0 bridgehead atoms. The van der Waals surface area contributed by atoms with Gasteiger partial charge >= 0.3 is 218 Å². The molecule has 0 radical (unpaired) electrons. The maximum absolute atomic E-state index is 13.4. The quantitative estimate of drug-likeness (QED) is 0.141. The van der Waals surface area contributed by atoms with E-state index in [0.29, 0.717) is 6.42 Å². The van der Waals surface area contributed by atoms with E-state index in [2.05, 4.69) is 67.3 Å². The van der Waals surface area contributed by atoms with Crippen LogP contribution in [-0.2, 0) is 19.1 Å². The Labute approximate surface area is 222 Å². The van der Waals surface area contributed by atoms with Gasteiger partial charge in [0.15, 0.2) is 0 Å². The van der Waals surface area contributed by atoms with Gasteiger partial charge in [0.2, 0.25) is 0 Å². The van der Waals surface area contributed by atoms with Crippen LogP contribution in [0, 0.1) is 10.7 Å². The van der Waals surface area contributed by atoms with Crippen LogP contribution in [0.3, 0.4) is 0 Å². The zero-order chi connectivity index (χ0) is 24.4. The zero-order valence-electron chi connectivity index (χ0n) is 17.2. The fourth-order valence-electron chi connectivity index (χ4n) is 3.22. The second-order valence-corrected chi connectivity index (χ2v) is 15.6. The average Bonchev–Trinajstić information content (AvgIpc) is 3.53. The molecule has 0 saturated carbocycles. The van der Waals surface area contributed by atoms with E-state index in [-0.39, 0.29) is 31.0 Å². The molecular formula is C20H21F6I3N4. The number of nitrogens with two attached hydrogens (primary N) is 1. The van der Waals surface area contributed by atoms with Crippen molar-refractivity contribution in [2.24, 2.45) is 5.73 Å². The minimum atomic E-state index is -4.74. The van der Waals surface area contributed by atoms with Gasteiger partial charge in [0.25, 0.3) is 0 Å². The molecule has 33 heavy (non-hydrogen) atoms. The number of halogens is 9. The van der Waals surface area contributed by atoms with Crippen LogP contribution in [0.2, 0.25) is 0 Å². The average molecular weight is 812 g/mol. The third kappa shape index (κ3) is 7.91. The molecule has 0 aliphatic carbocycles. The Balaban J connectivity index is 1.83. The van der Waals surface area contributed by atoms with Crippen molar-refractivity contribution in [3.05, 3.63) is 45.9 Å². The van der Waals surface area contributed by atoms with Crippen LogP contribution < -0.4 is 10.6 Å². The third-order valence-electron chi connectivity index (χ3n) is 4.87. The van der Waals surface area contributed by atoms with Crippen LogP contribution in [0.25, 0.3) is 0 Å². The first-order chi connectivity index (χ1) is 15.4. The SMILES string of the molecule is NCc1cnc(N(CCCC(F)(F)F)CCc2cc(I)c(I3CC3)c(I)c2)nc1C(F)(F)F. The second kappa shape index (κ2) is 11.3. The summed E-state index contributed by atoms with van der Waals surface area (Å²) in [5, 5.41) is 0. The standard InChI is InChI=1S/C20H21F6I3N4/c21-19(22,23)3-1-6-33(18-31-11-13(10-30)17(32-18)20(24,25)26)7-2-12-8-14(27)16(15(28)9-12)29-4-5-29/h8-9,11H,1-7,10,30H2. The number of rotatable bonds is 9. The van der Waals surface area contributed by atoms with Crippen molar-refractivity contribution < 1.29 is 26.3 Å². The summed E-state index contributed by atoms with van der Waals surface area (Å²) >= 11 is 3.67. The first-order valence-corrected chi connectivity index (χ1v) is 16.2. The number of hydrogen-bond donors (Lipinski definition) is 1. The van der Waals surface area contributed by atoms with E-state index in [1.807, 2.05) is 0 Å². The van der Waals surface area contributed by atoms with Gasteiger partial charge in [0.05, 0.1) is 0 Å². The van der Waals surface area contributed by atoms with E-state index < -0.39 is 50.8 Å². The van der Waals surface area contributed by atoms with E-state index in [1.54, 1.807) is 0 Å². The van der Waals surface area contributed by atoms with E-state index in [4.69, 9.17) is 5.73 Å². The third-order valence-corrected chi connectivity index (χ3v) is 13.5. The Morgan fingerprint density at radius 3 is 2.18 bits per heavy atom. The summed E-state index contributed by atoms with van der Waals surface area (Å²) in [6, 6.07) is 4.14. The van der Waals surface area contributed by atoms with Crippen molar-refractivity contribution in [3.8, 4) is 0 Å². The molecule has 0 atom stereocenters. The zero-order valence-corrected chi connectivity index (χ0v) is 23.7. The second-order valence-electron chi connectivity index (χ2n) is 7.41. The van der Waals surface area contributed by atoms with E-state index in [0.717, 1.165) is 11.8 Å². The van der Waals surface area contributed by atoms with Crippen LogP contribution in [0.15, 0.2) is 18.3 Å². The van der Waals surface area contributed by atoms with Crippen molar-refractivity contribution >= 4 is 70.9 Å². The van der Waals surface area contributed by atoms with Gasteiger partial charge in [-0.3, -0.25) is 0 Å². The van der Waals surface area contributed by atoms with E-state index in [9.17, 15) is 26.3 Å². The van der Waals surface area contributed by atoms with Crippen molar-refractivity contribution in [1.29, 1.82) is 0 Å². The Morgan fingerprint density at radius 2 is 1.67 bits per heavy atom. The molecule has 0 amide bonds. The molecule has 2 N–H and O–H groups in total. The number of alkyl halides is 8. The first kappa shape index (κ1) is 27.4. The molecule has 3 rings (SSSR count). The van der Waals surface area contributed by atoms with Gasteiger partial charge in [-0.15, -0.1) is 0 Å². The van der Waals surface area contributed by atoms with Gasteiger partial charge in [-0.2, -0.15) is 0 Å². The van der Waals surface area contributed by atoms with Gasteiger partial charge in [0, 0.05) is 0 Å². The molecular weight excluding hydrogens is 791 g/mol. The molecule has 1 aliphatic heterocycles. The van der Waals surface area contributed by atoms with E-state index in [1.165, 1.54) is 24.5 Å². The Morgan fingerprint density at radius 1 is 1.03 bits per heavy atom. The van der Waals surface area contributed by atoms with Gasteiger partial charge in [-0.25, -0.2) is 0 Å². The molecule has 0 unspecified atom stereocenters. The van der Waals surface area contributed by atoms with Crippen LogP contribution in [0.1, 0.15) is 29.7 Å². The molecule has 4 nitrogen and oxygen atoms in total. The topological polar surface area (TPSA) is 55.0 Å². The molecule has 13 heteroatoms. The predicted octanol–water partition coefficient (Wildman–Crippen LogP) is 6.24. The number of nitrogens with zero attached hydrogens (tertiary/aromatic N) is 3. The molecule has 1 fully saturated rings. The summed E-state index contributed by atoms with van der Waals surface area (Å²) < 4.78 is 84.8. The van der Waals surface area contributed by atoms with Gasteiger partial charge in [-0.05, 0) is 0 Å². The summed E-state index contributed by atoms with van der Waals surface area (Å²) in [5.41, 5.74) is 4.96. The number of anilines is 1. The fourth-order valence-corrected chi connectivity index (χ4v) is 13.4. The first-order valence-electron chi connectivity index (χ1n) is 9.93. The number of hydrogen-bond acceptors (Lipinski definition) is 4. The minimum absolute atomic E-state index is 0.110. The number of benzene rings is 1. The van der Waals surface area contributed by atoms with Crippen LogP contribution >= 0.6 is 65.0 Å². The molecule has 1 saturated heterocycles. The molecule has 2 aromatic rings. The van der Waals surface area contributed by atoms with Crippen molar-refractivity contribution in [2.45, 2.75) is 38.2 Å². The van der Waals surface area contributed by atoms with Crippen molar-refractivity contribution in [1.82, 2.24) is 9.97 Å². The summed E-state index contributed by atoms with van der Waals surface area (Å²) in [6.07, 6.45) is -8.93. The Kier molecular flexibility index (Phi) is 9.36. The van der Waals surface area contributed by atoms with E-state index >= 15 is 0 Å². The van der Waals surface area contributed by atoms with Crippen LogP contribution in [-0.4, -0.2) is 38.1 Å². The van der Waals surface area contributed by atoms with Crippen molar-refractivity contribution in [3.63, 3.8) is 0 Å². The molecule has 1 aromatic carbocycles. The Hall–Kier alpha value is -0.170. The fraction of sp³-hybridized carbons (Fsp3) is 0.500. The molecule has 2 heterocycles. The molecule has 1 aromatic heterocycles. The maximum atomic E-state index is 13.4. The van der Waals surface area contributed by atoms with Gasteiger partial charge < -0.3 is 5.73 Å². The number of aromatic nitrogens is 2. The van der Waals surface area contributed by atoms with Gasteiger partial charge in [0.1, 0.15) is 0 Å². The van der Waals surface area contributed by atoms with Crippen molar-refractivity contribution in [2.75, 3.05) is 26.8 Å². The summed E-state index contributed by atoms with van der Waals surface area (Å²) in [7, 11) is 0. The molecule has 1 aliphatic rings. The Bertz CT molecular complexity index is 956. The normalized spacial score (nSPS) is 15.1. The summed E-state index contributed by atoms with van der Waals surface area (Å²) in [6.45, 7) is -0.303. The molecule has 0 spiro atoms. The summed E-state index contributed by atoms with van der Waals surface area (Å²) in [4.78, 5) is 9.04.